The van der Waals surface area contributed by atoms with E-state index in [2.05, 4.69) is 158 Å². The second kappa shape index (κ2) is 12.5. The van der Waals surface area contributed by atoms with E-state index in [0.29, 0.717) is 29.3 Å². The summed E-state index contributed by atoms with van der Waals surface area (Å²) in [4.78, 5) is 20.8. The van der Waals surface area contributed by atoms with Crippen LogP contribution in [0.5, 0.6) is 0 Å². The largest absolute Gasteiger partial charge is 0.256 e. The SMILES string of the molecule is c1ccc(-c2nc(-c3ccc(C4(c5ccccc5)c5ccccc5-c5ccccc54)cc3)nc(-c3ccc4c(c3)C3(c5cccnc5-4)C4CC5CC(C4)CC3C5)n2)cc1. The molecule has 1 spiro atoms. The average Bonchev–Trinajstić information content (AvgIpc) is 3.77. The number of benzene rings is 6. The third kappa shape index (κ3) is 4.60. The Hall–Kier alpha value is -6.52. The molecule has 0 saturated heterocycles. The average molecular weight is 759 g/mol. The van der Waals surface area contributed by atoms with Crippen molar-refractivity contribution in [3.63, 3.8) is 0 Å². The topological polar surface area (TPSA) is 51.6 Å². The fraction of sp³-hybridized carbons (Fsp3) is 0.200. The van der Waals surface area contributed by atoms with E-state index >= 15 is 0 Å². The quantitative estimate of drug-likeness (QED) is 0.175. The van der Waals surface area contributed by atoms with Gasteiger partial charge in [0.1, 0.15) is 0 Å². The van der Waals surface area contributed by atoms with Gasteiger partial charge in [0.15, 0.2) is 17.5 Å². The summed E-state index contributed by atoms with van der Waals surface area (Å²) in [5.74, 6) is 5.14. The van der Waals surface area contributed by atoms with E-state index in [-0.39, 0.29) is 5.41 Å². The van der Waals surface area contributed by atoms with Gasteiger partial charge in [0.25, 0.3) is 0 Å². The molecule has 282 valence electrons. The lowest BCUT2D eigenvalue weighted by Gasteiger charge is -2.61. The Balaban J connectivity index is 0.968. The van der Waals surface area contributed by atoms with Crippen LogP contribution >= 0.6 is 0 Å². The van der Waals surface area contributed by atoms with Crippen molar-refractivity contribution < 1.29 is 0 Å². The highest BCUT2D eigenvalue weighted by atomic mass is 15.0. The van der Waals surface area contributed by atoms with Gasteiger partial charge in [0.05, 0.1) is 11.1 Å². The van der Waals surface area contributed by atoms with Crippen LogP contribution in [0.3, 0.4) is 0 Å². The minimum Gasteiger partial charge on any atom is -0.256 e. The number of fused-ring (bicyclic) bond motifs is 6. The van der Waals surface area contributed by atoms with Crippen molar-refractivity contribution in [3.8, 4) is 56.5 Å². The van der Waals surface area contributed by atoms with E-state index in [0.717, 1.165) is 28.5 Å². The summed E-state index contributed by atoms with van der Waals surface area (Å²) in [5, 5.41) is 0. The zero-order chi connectivity index (χ0) is 38.7. The van der Waals surface area contributed by atoms with Crippen LogP contribution in [0.1, 0.15) is 65.5 Å². The summed E-state index contributed by atoms with van der Waals surface area (Å²) in [6, 6.07) is 59.7. The summed E-state index contributed by atoms with van der Waals surface area (Å²) >= 11 is 0. The normalized spacial score (nSPS) is 23.5. The number of aromatic nitrogens is 4. The molecule has 6 aromatic carbocycles. The molecule has 0 atom stereocenters. The van der Waals surface area contributed by atoms with Crippen LogP contribution in [0.4, 0.5) is 0 Å². The lowest BCUT2D eigenvalue weighted by Crippen LogP contribution is -2.55. The Kier molecular flexibility index (Phi) is 7.08. The lowest BCUT2D eigenvalue weighted by atomic mass is 9.43. The monoisotopic (exact) mass is 758 g/mol. The van der Waals surface area contributed by atoms with Crippen molar-refractivity contribution in [1.82, 2.24) is 19.9 Å². The molecule has 4 fully saturated rings. The van der Waals surface area contributed by atoms with Gasteiger partial charge in [0.2, 0.25) is 0 Å². The summed E-state index contributed by atoms with van der Waals surface area (Å²) < 4.78 is 0. The molecule has 4 nitrogen and oxygen atoms in total. The first kappa shape index (κ1) is 33.5. The van der Waals surface area contributed by atoms with E-state index in [4.69, 9.17) is 19.9 Å². The van der Waals surface area contributed by atoms with Crippen LogP contribution in [0.2, 0.25) is 0 Å². The van der Waals surface area contributed by atoms with Crippen LogP contribution in [-0.4, -0.2) is 19.9 Å². The second-order valence-corrected chi connectivity index (χ2v) is 17.8. The van der Waals surface area contributed by atoms with Gasteiger partial charge in [-0.1, -0.05) is 152 Å². The Morgan fingerprint density at radius 2 is 0.898 bits per heavy atom. The summed E-state index contributed by atoms with van der Waals surface area (Å²) in [6.45, 7) is 0. The van der Waals surface area contributed by atoms with Crippen LogP contribution < -0.4 is 0 Å². The van der Waals surface area contributed by atoms with Crippen molar-refractivity contribution in [2.24, 2.45) is 23.7 Å². The smallest absolute Gasteiger partial charge is 0.164 e. The molecule has 0 unspecified atom stereocenters. The first-order chi connectivity index (χ1) is 29.2. The van der Waals surface area contributed by atoms with Gasteiger partial charge < -0.3 is 0 Å². The minimum atomic E-state index is -0.461. The minimum absolute atomic E-state index is 0.0164. The molecule has 4 saturated carbocycles. The van der Waals surface area contributed by atoms with Gasteiger partial charge in [-0.2, -0.15) is 0 Å². The highest BCUT2D eigenvalue weighted by molar-refractivity contribution is 5.87. The van der Waals surface area contributed by atoms with Gasteiger partial charge in [-0.05, 0) is 112 Å². The first-order valence-corrected chi connectivity index (χ1v) is 21.5. The molecule has 0 radical (unpaired) electrons. The molecule has 2 aromatic heterocycles. The van der Waals surface area contributed by atoms with Crippen LogP contribution in [-0.2, 0) is 10.8 Å². The molecule has 2 heterocycles. The standard InChI is InChI=1S/C55H42N4/c1-3-12-36(13-4-1)51-57-52(37-21-24-40(25-22-37)54(39-14-5-2-6-15-39)46-18-9-7-16-43(46)44-17-8-10-19-47(44)54)59-53(58-51)38-23-26-45-49(33-38)55(48-20-11-27-56-50(45)48)41-29-34-28-35(31-41)32-42(55)30-34/h1-27,33-35,41-42H,28-32H2. The second-order valence-electron chi connectivity index (χ2n) is 17.8. The Morgan fingerprint density at radius 3 is 1.54 bits per heavy atom. The molecule has 6 aliphatic carbocycles. The molecule has 0 aliphatic heterocycles. The summed E-state index contributed by atoms with van der Waals surface area (Å²) in [7, 11) is 0. The number of rotatable bonds is 5. The van der Waals surface area contributed by atoms with E-state index in [9.17, 15) is 0 Å². The van der Waals surface area contributed by atoms with Crippen molar-refractivity contribution in [1.29, 1.82) is 0 Å². The highest BCUT2D eigenvalue weighted by Gasteiger charge is 2.62. The molecule has 4 bridgehead atoms. The van der Waals surface area contributed by atoms with Gasteiger partial charge in [-0.25, -0.2) is 15.0 Å². The zero-order valence-corrected chi connectivity index (χ0v) is 32.8. The van der Waals surface area contributed by atoms with Crippen LogP contribution in [0.15, 0.2) is 170 Å². The van der Waals surface area contributed by atoms with Gasteiger partial charge >= 0.3 is 0 Å². The van der Waals surface area contributed by atoms with E-state index in [1.54, 1.807) is 0 Å². The van der Waals surface area contributed by atoms with E-state index < -0.39 is 5.41 Å². The summed E-state index contributed by atoms with van der Waals surface area (Å²) in [5.41, 5.74) is 15.6. The predicted octanol–water partition coefficient (Wildman–Crippen LogP) is 12.4. The molecule has 6 aliphatic rings. The summed E-state index contributed by atoms with van der Waals surface area (Å²) in [6.07, 6.45) is 8.74. The third-order valence-electron chi connectivity index (χ3n) is 15.1. The number of hydrogen-bond acceptors (Lipinski definition) is 4. The fourth-order valence-electron chi connectivity index (χ4n) is 13.1. The highest BCUT2D eigenvalue weighted by Crippen LogP contribution is 2.69. The predicted molar refractivity (Wildman–Crippen MR) is 234 cm³/mol. The van der Waals surface area contributed by atoms with E-state index in [1.807, 2.05) is 12.3 Å². The molecular weight excluding hydrogens is 717 g/mol. The Labute approximate surface area is 345 Å². The number of pyridine rings is 1. The maximum atomic E-state index is 5.34. The molecule has 8 aromatic rings. The van der Waals surface area contributed by atoms with E-state index in [1.165, 1.54) is 87.9 Å². The lowest BCUT2D eigenvalue weighted by molar-refractivity contribution is -0.0399. The number of nitrogens with zero attached hydrogens (tertiary/aromatic N) is 4. The van der Waals surface area contributed by atoms with Crippen molar-refractivity contribution in [2.75, 3.05) is 0 Å². The fourth-order valence-corrected chi connectivity index (χ4v) is 13.1. The molecule has 59 heavy (non-hydrogen) atoms. The zero-order valence-electron chi connectivity index (χ0n) is 32.8. The maximum absolute atomic E-state index is 5.34. The molecular formula is C55H42N4. The van der Waals surface area contributed by atoms with Crippen LogP contribution in [0.25, 0.3) is 56.5 Å². The van der Waals surface area contributed by atoms with Gasteiger partial charge in [-0.15, -0.1) is 0 Å². The first-order valence-electron chi connectivity index (χ1n) is 21.5. The molecule has 0 amide bonds. The number of hydrogen-bond donors (Lipinski definition) is 0. The van der Waals surface area contributed by atoms with Gasteiger partial charge in [0, 0.05) is 33.9 Å². The molecule has 4 heteroatoms. The van der Waals surface area contributed by atoms with Crippen molar-refractivity contribution >= 4 is 0 Å². The van der Waals surface area contributed by atoms with Gasteiger partial charge in [-0.3, -0.25) is 4.98 Å². The Morgan fingerprint density at radius 1 is 0.390 bits per heavy atom. The molecule has 0 N–H and O–H groups in total. The van der Waals surface area contributed by atoms with Crippen molar-refractivity contribution in [3.05, 3.63) is 203 Å². The molecule has 14 rings (SSSR count). The van der Waals surface area contributed by atoms with Crippen LogP contribution in [0, 0.1) is 23.7 Å². The Bertz CT molecular complexity index is 2880. The maximum Gasteiger partial charge on any atom is 0.164 e. The third-order valence-corrected chi connectivity index (χ3v) is 15.1. The van der Waals surface area contributed by atoms with Crippen molar-refractivity contribution in [2.45, 2.75) is 42.9 Å².